The minimum atomic E-state index is -0.588. The van der Waals surface area contributed by atoms with E-state index in [0.29, 0.717) is 69.9 Å². The molecule has 2 aliphatic rings. The maximum Gasteiger partial charge on any atom is 0.320 e. The van der Waals surface area contributed by atoms with Crippen LogP contribution in [0, 0.1) is 0 Å². The van der Waals surface area contributed by atoms with Crippen molar-refractivity contribution in [3.05, 3.63) is 65.0 Å². The summed E-state index contributed by atoms with van der Waals surface area (Å²) in [5.41, 5.74) is 1.37. The van der Waals surface area contributed by atoms with Crippen molar-refractivity contribution in [1.29, 1.82) is 0 Å². The van der Waals surface area contributed by atoms with Crippen molar-refractivity contribution in [2.75, 3.05) is 52.4 Å². The number of nitrogens with zero attached hydrogens (tertiary/aromatic N) is 5. The lowest BCUT2D eigenvalue weighted by Crippen LogP contribution is -2.44. The van der Waals surface area contributed by atoms with Gasteiger partial charge in [-0.25, -0.2) is 0 Å². The van der Waals surface area contributed by atoms with E-state index in [9.17, 15) is 19.2 Å². The zero-order valence-corrected chi connectivity index (χ0v) is 27.5. The van der Waals surface area contributed by atoms with Crippen molar-refractivity contribution in [1.82, 2.24) is 24.6 Å². The first-order valence-electron chi connectivity index (χ1n) is 15.7. The molecular formula is C34H47N5O6. The Morgan fingerprint density at radius 2 is 1.11 bits per heavy atom. The Balaban J connectivity index is 1.49. The number of aromatic nitrogens is 1. The monoisotopic (exact) mass is 621 g/mol. The molecule has 2 amide bonds. The minimum Gasteiger partial charge on any atom is -0.459 e. The molecule has 0 saturated carbocycles. The summed E-state index contributed by atoms with van der Waals surface area (Å²) in [4.78, 5) is 63.9. The number of fused-ring (bicyclic) bond motifs is 3. The molecule has 2 bridgehead atoms. The third kappa shape index (κ3) is 10.4. The standard InChI is InChI=1S/C34H47N5O6/c1-33(2,3)44-29(40)23-37-19-17-36(15-10-16-39-31(42)27-13-7-8-14-28(27)32(39)43)18-20-38(24-30(41)45-34(4,5)6)22-26-12-9-11-25(21-37)35-26/h7-9,11-14H,10,15-24H2,1-6H3. The van der Waals surface area contributed by atoms with Gasteiger partial charge >= 0.3 is 11.9 Å². The molecule has 0 radical (unpaired) electrons. The van der Waals surface area contributed by atoms with Gasteiger partial charge in [0.25, 0.3) is 11.8 Å². The average molecular weight is 622 g/mol. The Bertz CT molecular complexity index is 1290. The first-order valence-corrected chi connectivity index (χ1v) is 15.7. The number of rotatable bonds is 8. The molecule has 2 aromatic rings. The van der Waals surface area contributed by atoms with Crippen molar-refractivity contribution >= 4 is 23.8 Å². The first kappa shape index (κ1) is 34.2. The molecule has 2 aliphatic heterocycles. The Hall–Kier alpha value is -3.67. The molecule has 0 unspecified atom stereocenters. The van der Waals surface area contributed by atoms with Gasteiger partial charge in [0.2, 0.25) is 0 Å². The molecule has 244 valence electrons. The molecule has 0 aliphatic carbocycles. The van der Waals surface area contributed by atoms with Crippen LogP contribution in [0.4, 0.5) is 0 Å². The highest BCUT2D eigenvalue weighted by atomic mass is 16.6. The molecule has 45 heavy (non-hydrogen) atoms. The number of carbonyl (C=O) groups is 4. The normalized spacial score (nSPS) is 17.4. The Kier molecular flexibility index (Phi) is 11.1. The zero-order chi connectivity index (χ0) is 32.8. The third-order valence-corrected chi connectivity index (χ3v) is 7.38. The second-order valence-corrected chi connectivity index (χ2v) is 13.7. The maximum absolute atomic E-state index is 12.9. The van der Waals surface area contributed by atoms with Crippen molar-refractivity contribution < 1.29 is 28.7 Å². The summed E-state index contributed by atoms with van der Waals surface area (Å²) < 4.78 is 11.2. The van der Waals surface area contributed by atoms with E-state index in [1.54, 1.807) is 24.3 Å². The number of hydrogen-bond donors (Lipinski definition) is 0. The number of esters is 2. The quantitative estimate of drug-likeness (QED) is 0.321. The van der Waals surface area contributed by atoms with Gasteiger partial charge in [0.15, 0.2) is 0 Å². The van der Waals surface area contributed by atoms with E-state index in [-0.39, 0.29) is 36.8 Å². The van der Waals surface area contributed by atoms with Crippen LogP contribution in [0.25, 0.3) is 0 Å². The summed E-state index contributed by atoms with van der Waals surface area (Å²) in [6.07, 6.45) is 0.587. The lowest BCUT2D eigenvalue weighted by atomic mass is 10.1. The maximum atomic E-state index is 12.9. The lowest BCUT2D eigenvalue weighted by Gasteiger charge is -2.31. The van der Waals surface area contributed by atoms with Gasteiger partial charge in [0.05, 0.1) is 35.6 Å². The smallest absolute Gasteiger partial charge is 0.320 e. The first-order chi connectivity index (χ1) is 21.2. The number of amides is 2. The summed E-state index contributed by atoms with van der Waals surface area (Å²) in [7, 11) is 0. The highest BCUT2D eigenvalue weighted by Gasteiger charge is 2.34. The number of benzene rings is 1. The molecule has 1 aromatic carbocycles. The summed E-state index contributed by atoms with van der Waals surface area (Å²) in [5, 5.41) is 0. The highest BCUT2D eigenvalue weighted by molar-refractivity contribution is 6.21. The Morgan fingerprint density at radius 1 is 0.667 bits per heavy atom. The van der Waals surface area contributed by atoms with Crippen molar-refractivity contribution in [3.8, 4) is 0 Å². The topological polar surface area (TPSA) is 113 Å². The molecule has 0 atom stereocenters. The molecule has 4 rings (SSSR count). The number of carbonyl (C=O) groups excluding carboxylic acids is 4. The Morgan fingerprint density at radius 3 is 1.56 bits per heavy atom. The summed E-state index contributed by atoms with van der Waals surface area (Å²) >= 11 is 0. The van der Waals surface area contributed by atoms with Crippen LogP contribution in [0.1, 0.15) is 80.1 Å². The second-order valence-electron chi connectivity index (χ2n) is 13.7. The van der Waals surface area contributed by atoms with E-state index in [2.05, 4.69) is 4.90 Å². The van der Waals surface area contributed by atoms with Crippen molar-refractivity contribution in [3.63, 3.8) is 0 Å². The molecule has 3 heterocycles. The number of ether oxygens (including phenoxy) is 2. The van der Waals surface area contributed by atoms with E-state index in [0.717, 1.165) is 11.4 Å². The number of pyridine rings is 1. The lowest BCUT2D eigenvalue weighted by molar-refractivity contribution is -0.157. The predicted molar refractivity (Wildman–Crippen MR) is 169 cm³/mol. The van der Waals surface area contributed by atoms with Crippen molar-refractivity contribution in [2.24, 2.45) is 0 Å². The zero-order valence-electron chi connectivity index (χ0n) is 27.5. The largest absolute Gasteiger partial charge is 0.459 e. The SMILES string of the molecule is CC(C)(C)OC(=O)CN1CCN(CCCN2C(=O)c3ccccc3C2=O)CCN(CC(=O)OC(C)(C)C)Cc2cccc(n2)C1. The van der Waals surface area contributed by atoms with Gasteiger partial charge in [-0.1, -0.05) is 18.2 Å². The summed E-state index contributed by atoms with van der Waals surface area (Å²) in [6.45, 7) is 15.6. The van der Waals surface area contributed by atoms with Gasteiger partial charge < -0.3 is 14.4 Å². The Labute approximate surface area is 266 Å². The van der Waals surface area contributed by atoms with Gasteiger partial charge in [0, 0.05) is 45.8 Å². The fraction of sp³-hybridized carbons (Fsp3) is 0.559. The number of hydrogen-bond acceptors (Lipinski definition) is 10. The molecule has 0 N–H and O–H groups in total. The van der Waals surface area contributed by atoms with Crippen LogP contribution in [0.2, 0.25) is 0 Å². The van der Waals surface area contributed by atoms with E-state index in [4.69, 9.17) is 14.5 Å². The summed E-state index contributed by atoms with van der Waals surface area (Å²) in [5.74, 6) is -1.12. The van der Waals surface area contributed by atoms with Gasteiger partial charge in [-0.05, 0) is 78.8 Å². The predicted octanol–water partition coefficient (Wildman–Crippen LogP) is 3.37. The van der Waals surface area contributed by atoms with E-state index < -0.39 is 11.2 Å². The molecule has 1 aromatic heterocycles. The van der Waals surface area contributed by atoms with Gasteiger partial charge in [-0.3, -0.25) is 38.9 Å². The van der Waals surface area contributed by atoms with Crippen molar-refractivity contribution in [2.45, 2.75) is 72.3 Å². The van der Waals surface area contributed by atoms with Crippen LogP contribution in [0.5, 0.6) is 0 Å². The van der Waals surface area contributed by atoms with Gasteiger partial charge in [0.1, 0.15) is 11.2 Å². The molecule has 0 saturated heterocycles. The number of imide groups is 1. The fourth-order valence-corrected chi connectivity index (χ4v) is 5.50. The van der Waals surface area contributed by atoms with Crippen LogP contribution >= 0.6 is 0 Å². The van der Waals surface area contributed by atoms with E-state index in [1.807, 2.05) is 69.5 Å². The van der Waals surface area contributed by atoms with Gasteiger partial charge in [-0.15, -0.1) is 0 Å². The molecule has 11 nitrogen and oxygen atoms in total. The van der Waals surface area contributed by atoms with E-state index >= 15 is 0 Å². The van der Waals surface area contributed by atoms with Crippen LogP contribution in [-0.4, -0.2) is 112 Å². The van der Waals surface area contributed by atoms with E-state index in [1.165, 1.54) is 4.90 Å². The van der Waals surface area contributed by atoms with Crippen LogP contribution in [0.15, 0.2) is 42.5 Å². The van der Waals surface area contributed by atoms with Crippen LogP contribution in [-0.2, 0) is 32.2 Å². The second kappa shape index (κ2) is 14.6. The molecule has 0 spiro atoms. The van der Waals surface area contributed by atoms with Gasteiger partial charge in [-0.2, -0.15) is 0 Å². The summed E-state index contributed by atoms with van der Waals surface area (Å²) in [6, 6.07) is 12.7. The highest BCUT2D eigenvalue weighted by Crippen LogP contribution is 2.22. The minimum absolute atomic E-state index is 0.122. The molecular weight excluding hydrogens is 574 g/mol. The molecule has 11 heteroatoms. The fourth-order valence-electron chi connectivity index (χ4n) is 5.50. The third-order valence-electron chi connectivity index (χ3n) is 7.38. The molecule has 0 fully saturated rings. The van der Waals surface area contributed by atoms with Crippen LogP contribution < -0.4 is 0 Å². The van der Waals surface area contributed by atoms with Crippen LogP contribution in [0.3, 0.4) is 0 Å². The average Bonchev–Trinajstić information content (AvgIpc) is 3.16.